The Balaban J connectivity index is 3.04. The van der Waals surface area contributed by atoms with E-state index in [4.69, 9.17) is 10.8 Å². The number of carboxylic acids is 1. The molecule has 0 spiro atoms. The van der Waals surface area contributed by atoms with E-state index in [-0.39, 0.29) is 0 Å². The third kappa shape index (κ3) is 2.06. The Hall–Kier alpha value is -1.35. The van der Waals surface area contributed by atoms with E-state index >= 15 is 0 Å². The van der Waals surface area contributed by atoms with Crippen molar-refractivity contribution in [3.8, 4) is 0 Å². The largest absolute Gasteiger partial charge is 0.477 e. The molecule has 0 radical (unpaired) electrons. The lowest BCUT2D eigenvalue weighted by atomic mass is 10.2. The van der Waals surface area contributed by atoms with Crippen LogP contribution >= 0.6 is 11.3 Å². The Morgan fingerprint density at radius 2 is 2.23 bits per heavy atom. The average Bonchev–Trinajstić information content (AvgIpc) is 2.56. The van der Waals surface area contributed by atoms with Gasteiger partial charge in [0.1, 0.15) is 4.88 Å². The summed E-state index contributed by atoms with van der Waals surface area (Å²) in [7, 11) is 0. The Bertz CT molecular complexity index is 375. The van der Waals surface area contributed by atoms with E-state index in [9.17, 15) is 4.79 Å². The second-order valence-corrected chi connectivity index (χ2v) is 3.41. The lowest BCUT2D eigenvalue weighted by Crippen LogP contribution is -1.99. The first kappa shape index (κ1) is 9.74. The van der Waals surface area contributed by atoms with E-state index in [1.54, 1.807) is 12.1 Å². The Morgan fingerprint density at radius 3 is 2.62 bits per heavy atom. The van der Waals surface area contributed by atoms with Crippen molar-refractivity contribution < 1.29 is 9.90 Å². The van der Waals surface area contributed by atoms with Gasteiger partial charge in [0, 0.05) is 17.0 Å². The van der Waals surface area contributed by atoms with Gasteiger partial charge in [-0.2, -0.15) is 0 Å². The lowest BCUT2D eigenvalue weighted by molar-refractivity contribution is 0.0702. The predicted octanol–water partition coefficient (Wildman–Crippen LogP) is 1.57. The summed E-state index contributed by atoms with van der Waals surface area (Å²) in [4.78, 5) is 11.7. The summed E-state index contributed by atoms with van der Waals surface area (Å²) >= 11 is 1.18. The molecule has 0 saturated heterocycles. The molecule has 1 aromatic heterocycles. The highest BCUT2D eigenvalue weighted by atomic mass is 32.1. The molecule has 0 aliphatic rings. The quantitative estimate of drug-likeness (QED) is 0.719. The van der Waals surface area contributed by atoms with Crippen LogP contribution in [0, 0.1) is 0 Å². The summed E-state index contributed by atoms with van der Waals surface area (Å²) in [5.74, 6) is -0.920. The van der Waals surface area contributed by atoms with Crippen molar-refractivity contribution in [1.82, 2.24) is 0 Å². The minimum atomic E-state index is -0.920. The Labute approximate surface area is 79.8 Å². The molecule has 0 aliphatic carbocycles. The minimum absolute atomic E-state index is 0.302. The van der Waals surface area contributed by atoms with E-state index in [2.05, 4.69) is 12.3 Å². The van der Waals surface area contributed by atoms with Gasteiger partial charge < -0.3 is 10.8 Å². The van der Waals surface area contributed by atoms with E-state index < -0.39 is 5.97 Å². The second kappa shape index (κ2) is 4.05. The van der Waals surface area contributed by atoms with Crippen LogP contribution in [0.1, 0.15) is 14.5 Å². The van der Waals surface area contributed by atoms with Crippen LogP contribution in [-0.2, 0) is 0 Å². The summed E-state index contributed by atoms with van der Waals surface area (Å²) in [5.41, 5.74) is 8.85. The zero-order valence-corrected chi connectivity index (χ0v) is 7.73. The number of rotatable bonds is 3. The number of thiophene rings is 1. The van der Waals surface area contributed by atoms with Crippen molar-refractivity contribution in [2.75, 3.05) is 6.54 Å². The van der Waals surface area contributed by atoms with Gasteiger partial charge in [0.25, 0.3) is 0 Å². The van der Waals surface area contributed by atoms with Crippen LogP contribution in [0.25, 0.3) is 5.57 Å². The standard InChI is InChI=1S/C9H9NO2S/c1-2-6(5-10)7-3-4-8(13-7)9(11)12/h3-4H,1,5,10H2,(H,11,12). The average molecular weight is 195 g/mol. The second-order valence-electron chi connectivity index (χ2n) is 2.33. The molecule has 4 heteroatoms. The predicted molar refractivity (Wildman–Crippen MR) is 52.9 cm³/mol. The molecule has 3 nitrogen and oxygen atoms in total. The van der Waals surface area contributed by atoms with Crippen molar-refractivity contribution in [3.05, 3.63) is 34.2 Å². The first-order chi connectivity index (χ1) is 6.19. The third-order valence-electron chi connectivity index (χ3n) is 1.53. The normalized spacial score (nSPS) is 9.31. The van der Waals surface area contributed by atoms with Gasteiger partial charge >= 0.3 is 5.97 Å². The van der Waals surface area contributed by atoms with Gasteiger partial charge in [-0.3, -0.25) is 0 Å². The zero-order valence-electron chi connectivity index (χ0n) is 6.91. The summed E-state index contributed by atoms with van der Waals surface area (Å²) in [6.07, 6.45) is 0. The van der Waals surface area contributed by atoms with Gasteiger partial charge in [0.2, 0.25) is 0 Å². The first-order valence-corrected chi connectivity index (χ1v) is 4.43. The highest BCUT2D eigenvalue weighted by Crippen LogP contribution is 2.22. The van der Waals surface area contributed by atoms with Crippen LogP contribution in [0.3, 0.4) is 0 Å². The van der Waals surface area contributed by atoms with E-state index in [1.807, 2.05) is 0 Å². The maximum atomic E-state index is 10.5. The number of aromatic carboxylic acids is 1. The molecule has 0 fully saturated rings. The monoisotopic (exact) mass is 195 g/mol. The molecular formula is C9H9NO2S. The molecule has 3 N–H and O–H groups in total. The van der Waals surface area contributed by atoms with Gasteiger partial charge in [-0.15, -0.1) is 17.1 Å². The maximum absolute atomic E-state index is 10.5. The van der Waals surface area contributed by atoms with Crippen LogP contribution in [-0.4, -0.2) is 17.6 Å². The summed E-state index contributed by atoms with van der Waals surface area (Å²) in [6, 6.07) is 3.27. The van der Waals surface area contributed by atoms with Crippen molar-refractivity contribution in [3.63, 3.8) is 0 Å². The molecule has 1 rings (SSSR count). The molecule has 0 saturated carbocycles. The van der Waals surface area contributed by atoms with Crippen LogP contribution in [0.2, 0.25) is 0 Å². The molecule has 0 atom stereocenters. The van der Waals surface area contributed by atoms with E-state index in [0.717, 1.165) is 10.5 Å². The summed E-state index contributed by atoms with van der Waals surface area (Å²) in [5, 5.41) is 8.66. The first-order valence-electron chi connectivity index (χ1n) is 3.61. The number of nitrogens with two attached hydrogens (primary N) is 1. The molecular weight excluding hydrogens is 186 g/mol. The topological polar surface area (TPSA) is 63.3 Å². The van der Waals surface area contributed by atoms with Gasteiger partial charge in [-0.25, -0.2) is 4.79 Å². The van der Waals surface area contributed by atoms with Crippen molar-refractivity contribution in [2.45, 2.75) is 0 Å². The maximum Gasteiger partial charge on any atom is 0.345 e. The van der Waals surface area contributed by atoms with E-state index in [0.29, 0.717) is 11.4 Å². The number of carbonyl (C=O) groups is 1. The summed E-state index contributed by atoms with van der Waals surface area (Å²) in [6.45, 7) is 3.80. The zero-order chi connectivity index (χ0) is 9.84. The van der Waals surface area contributed by atoms with Crippen LogP contribution in [0.5, 0.6) is 0 Å². The lowest BCUT2D eigenvalue weighted by Gasteiger charge is -1.94. The molecule has 0 bridgehead atoms. The van der Waals surface area contributed by atoms with Crippen molar-refractivity contribution >= 4 is 22.9 Å². The fourth-order valence-corrected chi connectivity index (χ4v) is 1.75. The van der Waals surface area contributed by atoms with Gasteiger partial charge in [0.05, 0.1) is 0 Å². The smallest absolute Gasteiger partial charge is 0.345 e. The highest BCUT2D eigenvalue weighted by molar-refractivity contribution is 7.15. The fraction of sp³-hybridized carbons (Fsp3) is 0.111. The molecule has 1 aromatic rings. The van der Waals surface area contributed by atoms with E-state index in [1.165, 1.54) is 11.3 Å². The summed E-state index contributed by atoms with van der Waals surface area (Å²) < 4.78 is 0. The molecule has 0 aliphatic heterocycles. The molecule has 0 aromatic carbocycles. The fourth-order valence-electron chi connectivity index (χ4n) is 0.875. The third-order valence-corrected chi connectivity index (χ3v) is 2.66. The molecule has 1 heterocycles. The Morgan fingerprint density at radius 1 is 1.62 bits per heavy atom. The van der Waals surface area contributed by atoms with Crippen molar-refractivity contribution in [1.29, 1.82) is 0 Å². The van der Waals surface area contributed by atoms with Gasteiger partial charge in [-0.05, 0) is 12.1 Å². The molecule has 0 amide bonds. The van der Waals surface area contributed by atoms with Crippen LogP contribution in [0.15, 0.2) is 24.4 Å². The number of carboxylic acid groups (broad SMARTS) is 1. The number of hydrogen-bond donors (Lipinski definition) is 2. The van der Waals surface area contributed by atoms with Gasteiger partial charge in [0.15, 0.2) is 0 Å². The minimum Gasteiger partial charge on any atom is -0.477 e. The van der Waals surface area contributed by atoms with Crippen molar-refractivity contribution in [2.24, 2.45) is 5.73 Å². The van der Waals surface area contributed by atoms with Crippen LogP contribution in [0.4, 0.5) is 0 Å². The van der Waals surface area contributed by atoms with Crippen LogP contribution < -0.4 is 5.73 Å². The Kier molecular flexibility index (Phi) is 3.03. The highest BCUT2D eigenvalue weighted by Gasteiger charge is 2.08. The molecule has 68 valence electrons. The SMILES string of the molecule is C=C=C(CN)c1ccc(C(=O)O)s1. The number of hydrogen-bond acceptors (Lipinski definition) is 3. The molecule has 0 unspecified atom stereocenters. The molecule has 13 heavy (non-hydrogen) atoms. The van der Waals surface area contributed by atoms with Gasteiger partial charge in [-0.1, -0.05) is 6.58 Å².